The molecule has 0 saturated carbocycles. The van der Waals surface area contributed by atoms with E-state index in [0.29, 0.717) is 6.42 Å². The standard InChI is InChI=1S/C13H24F3NO/c1-2-8-17-11(6-7-13(14,15)16)10-12-5-3-4-9-18-12/h11-12,17H,2-10H2,1H3. The third kappa shape index (κ3) is 7.21. The van der Waals surface area contributed by atoms with Gasteiger partial charge >= 0.3 is 6.18 Å². The number of hydrogen-bond donors (Lipinski definition) is 1. The van der Waals surface area contributed by atoms with Crippen LogP contribution in [0.3, 0.4) is 0 Å². The molecule has 5 heteroatoms. The van der Waals surface area contributed by atoms with Crippen molar-refractivity contribution < 1.29 is 17.9 Å². The van der Waals surface area contributed by atoms with Crippen molar-refractivity contribution in [3.8, 4) is 0 Å². The summed E-state index contributed by atoms with van der Waals surface area (Å²) < 4.78 is 42.4. The topological polar surface area (TPSA) is 21.3 Å². The van der Waals surface area contributed by atoms with E-state index in [-0.39, 0.29) is 18.6 Å². The zero-order chi connectivity index (χ0) is 13.4. The molecule has 1 rings (SSSR count). The fourth-order valence-corrected chi connectivity index (χ4v) is 2.30. The second kappa shape index (κ2) is 8.00. The first kappa shape index (κ1) is 15.8. The highest BCUT2D eigenvalue weighted by atomic mass is 19.4. The van der Waals surface area contributed by atoms with Gasteiger partial charge in [-0.05, 0) is 45.1 Å². The Morgan fingerprint density at radius 1 is 1.33 bits per heavy atom. The third-order valence-electron chi connectivity index (χ3n) is 3.28. The maximum atomic E-state index is 12.3. The highest BCUT2D eigenvalue weighted by molar-refractivity contribution is 4.75. The van der Waals surface area contributed by atoms with Crippen LogP contribution in [-0.4, -0.2) is 31.5 Å². The molecule has 0 aromatic carbocycles. The minimum absolute atomic E-state index is 0.0744. The number of ether oxygens (including phenoxy) is 1. The Kier molecular flexibility index (Phi) is 7.00. The fourth-order valence-electron chi connectivity index (χ4n) is 2.30. The Morgan fingerprint density at radius 3 is 2.67 bits per heavy atom. The first-order valence-electron chi connectivity index (χ1n) is 6.93. The Morgan fingerprint density at radius 2 is 2.11 bits per heavy atom. The third-order valence-corrected chi connectivity index (χ3v) is 3.28. The lowest BCUT2D eigenvalue weighted by molar-refractivity contribution is -0.137. The molecule has 0 bridgehead atoms. The quantitative estimate of drug-likeness (QED) is 0.760. The zero-order valence-electron chi connectivity index (χ0n) is 11.1. The van der Waals surface area contributed by atoms with Gasteiger partial charge in [-0.25, -0.2) is 0 Å². The lowest BCUT2D eigenvalue weighted by Crippen LogP contribution is -2.36. The lowest BCUT2D eigenvalue weighted by atomic mass is 9.98. The Labute approximate surface area is 107 Å². The molecule has 1 aliphatic heterocycles. The lowest BCUT2D eigenvalue weighted by Gasteiger charge is -2.28. The van der Waals surface area contributed by atoms with Gasteiger partial charge in [-0.15, -0.1) is 0 Å². The van der Waals surface area contributed by atoms with Gasteiger partial charge in [-0.3, -0.25) is 0 Å². The number of halogens is 3. The molecule has 1 heterocycles. The van der Waals surface area contributed by atoms with E-state index in [1.165, 1.54) is 0 Å². The summed E-state index contributed by atoms with van der Waals surface area (Å²) in [5, 5.41) is 3.21. The second-order valence-electron chi connectivity index (χ2n) is 5.03. The molecule has 2 unspecified atom stereocenters. The van der Waals surface area contributed by atoms with Crippen molar-refractivity contribution >= 4 is 0 Å². The molecule has 1 N–H and O–H groups in total. The van der Waals surface area contributed by atoms with Gasteiger partial charge in [0.25, 0.3) is 0 Å². The Balaban J connectivity index is 2.33. The molecule has 1 saturated heterocycles. The van der Waals surface area contributed by atoms with Crippen LogP contribution in [0, 0.1) is 0 Å². The van der Waals surface area contributed by atoms with E-state index in [4.69, 9.17) is 4.74 Å². The molecule has 2 nitrogen and oxygen atoms in total. The van der Waals surface area contributed by atoms with Crippen molar-refractivity contribution in [2.45, 2.75) is 70.2 Å². The second-order valence-corrected chi connectivity index (χ2v) is 5.03. The van der Waals surface area contributed by atoms with Gasteiger partial charge in [0.05, 0.1) is 6.10 Å². The van der Waals surface area contributed by atoms with Crippen molar-refractivity contribution in [2.75, 3.05) is 13.2 Å². The van der Waals surface area contributed by atoms with Crippen molar-refractivity contribution in [1.82, 2.24) is 5.32 Å². The van der Waals surface area contributed by atoms with E-state index in [2.05, 4.69) is 5.32 Å². The highest BCUT2D eigenvalue weighted by Crippen LogP contribution is 2.25. The van der Waals surface area contributed by atoms with Crippen LogP contribution in [0.1, 0.15) is 51.9 Å². The van der Waals surface area contributed by atoms with Crippen LogP contribution < -0.4 is 5.32 Å². The molecule has 0 spiro atoms. The fraction of sp³-hybridized carbons (Fsp3) is 1.00. The van der Waals surface area contributed by atoms with Gasteiger partial charge in [-0.1, -0.05) is 6.92 Å². The van der Waals surface area contributed by atoms with Crippen LogP contribution >= 0.6 is 0 Å². The molecule has 0 aliphatic carbocycles. The summed E-state index contributed by atoms with van der Waals surface area (Å²) in [5.41, 5.74) is 0. The molecular weight excluding hydrogens is 243 g/mol. The molecule has 0 aromatic rings. The molecule has 108 valence electrons. The summed E-state index contributed by atoms with van der Waals surface area (Å²) >= 11 is 0. The van der Waals surface area contributed by atoms with Gasteiger partial charge < -0.3 is 10.1 Å². The van der Waals surface area contributed by atoms with Crippen LogP contribution in [0.4, 0.5) is 13.2 Å². The van der Waals surface area contributed by atoms with Crippen molar-refractivity contribution in [2.24, 2.45) is 0 Å². The molecule has 1 aliphatic rings. The Bertz CT molecular complexity index is 215. The molecular formula is C13H24F3NO. The van der Waals surface area contributed by atoms with Crippen LogP contribution in [-0.2, 0) is 4.74 Å². The molecule has 0 radical (unpaired) electrons. The Hall–Kier alpha value is -0.290. The summed E-state index contributed by atoms with van der Waals surface area (Å²) in [6, 6.07) is -0.0744. The number of rotatable bonds is 7. The van der Waals surface area contributed by atoms with Gasteiger partial charge in [0, 0.05) is 19.1 Å². The SMILES string of the molecule is CCCNC(CCC(F)(F)F)CC1CCCCO1. The summed E-state index contributed by atoms with van der Waals surface area (Å²) in [5.74, 6) is 0. The minimum Gasteiger partial charge on any atom is -0.378 e. The molecule has 18 heavy (non-hydrogen) atoms. The molecule has 1 fully saturated rings. The minimum atomic E-state index is -4.06. The largest absolute Gasteiger partial charge is 0.389 e. The summed E-state index contributed by atoms with van der Waals surface area (Å²) in [6.45, 7) is 3.55. The molecule has 0 aromatic heterocycles. The molecule has 0 amide bonds. The van der Waals surface area contributed by atoms with E-state index in [1.54, 1.807) is 0 Å². The first-order chi connectivity index (χ1) is 8.51. The highest BCUT2D eigenvalue weighted by Gasteiger charge is 2.29. The van der Waals surface area contributed by atoms with Gasteiger partial charge in [0.2, 0.25) is 0 Å². The summed E-state index contributed by atoms with van der Waals surface area (Å²) in [4.78, 5) is 0. The van der Waals surface area contributed by atoms with Gasteiger partial charge in [-0.2, -0.15) is 13.2 Å². The maximum absolute atomic E-state index is 12.3. The van der Waals surface area contributed by atoms with E-state index in [9.17, 15) is 13.2 Å². The molecule has 2 atom stereocenters. The van der Waals surface area contributed by atoms with Crippen LogP contribution in [0.25, 0.3) is 0 Å². The predicted octanol–water partition coefficient (Wildman–Crippen LogP) is 3.66. The van der Waals surface area contributed by atoms with Crippen LogP contribution in [0.5, 0.6) is 0 Å². The number of hydrogen-bond acceptors (Lipinski definition) is 2. The van der Waals surface area contributed by atoms with E-state index in [0.717, 1.165) is 38.8 Å². The summed E-state index contributed by atoms with van der Waals surface area (Å²) in [7, 11) is 0. The maximum Gasteiger partial charge on any atom is 0.389 e. The van der Waals surface area contributed by atoms with E-state index < -0.39 is 12.6 Å². The van der Waals surface area contributed by atoms with Gasteiger partial charge in [0.1, 0.15) is 0 Å². The van der Waals surface area contributed by atoms with Crippen LogP contribution in [0.2, 0.25) is 0 Å². The first-order valence-corrected chi connectivity index (χ1v) is 6.93. The predicted molar refractivity (Wildman–Crippen MR) is 65.6 cm³/mol. The number of alkyl halides is 3. The van der Waals surface area contributed by atoms with E-state index in [1.807, 2.05) is 6.92 Å². The average Bonchev–Trinajstić information content (AvgIpc) is 2.33. The van der Waals surface area contributed by atoms with Gasteiger partial charge in [0.15, 0.2) is 0 Å². The number of nitrogens with one attached hydrogen (secondary N) is 1. The summed E-state index contributed by atoms with van der Waals surface area (Å²) in [6.07, 6.45) is 0.363. The van der Waals surface area contributed by atoms with Crippen LogP contribution in [0.15, 0.2) is 0 Å². The van der Waals surface area contributed by atoms with E-state index >= 15 is 0 Å². The van der Waals surface area contributed by atoms with Crippen molar-refractivity contribution in [3.63, 3.8) is 0 Å². The monoisotopic (exact) mass is 267 g/mol. The van der Waals surface area contributed by atoms with Crippen molar-refractivity contribution in [3.05, 3.63) is 0 Å². The average molecular weight is 267 g/mol. The normalized spacial score (nSPS) is 23.0. The zero-order valence-corrected chi connectivity index (χ0v) is 11.1. The smallest absolute Gasteiger partial charge is 0.378 e. The van der Waals surface area contributed by atoms with Crippen molar-refractivity contribution in [1.29, 1.82) is 0 Å².